The summed E-state index contributed by atoms with van der Waals surface area (Å²) in [6, 6.07) is 12.7. The van der Waals surface area contributed by atoms with E-state index in [1.54, 1.807) is 18.2 Å². The number of nitrogens with one attached hydrogen (secondary N) is 1. The summed E-state index contributed by atoms with van der Waals surface area (Å²) in [4.78, 5) is 25.7. The molecule has 0 unspecified atom stereocenters. The molecule has 180 valence electrons. The molecule has 0 saturated heterocycles. The van der Waals surface area contributed by atoms with Gasteiger partial charge in [0.15, 0.2) is 0 Å². The summed E-state index contributed by atoms with van der Waals surface area (Å²) in [6.45, 7) is 2.25. The molecule has 6 heteroatoms. The van der Waals surface area contributed by atoms with Gasteiger partial charge in [0, 0.05) is 26.8 Å². The van der Waals surface area contributed by atoms with E-state index in [0.29, 0.717) is 16.2 Å². The van der Waals surface area contributed by atoms with Gasteiger partial charge in [0.2, 0.25) is 5.91 Å². The highest BCUT2D eigenvalue weighted by molar-refractivity contribution is 7.99. The van der Waals surface area contributed by atoms with Crippen LogP contribution in [-0.2, 0) is 4.79 Å². The Kier molecular flexibility index (Phi) is 13.1. The maximum atomic E-state index is 12.2. The molecule has 33 heavy (non-hydrogen) atoms. The third-order valence-electron chi connectivity index (χ3n) is 5.59. The van der Waals surface area contributed by atoms with E-state index in [4.69, 9.17) is 0 Å². The summed E-state index contributed by atoms with van der Waals surface area (Å²) >= 11 is 5.63. The number of carbonyl (C=O) groups excluding carboxylic acids is 1. The van der Waals surface area contributed by atoms with Crippen LogP contribution in [0, 0.1) is 0 Å². The average molecular weight is 488 g/mol. The molecule has 0 aliphatic heterocycles. The number of carboxylic acid groups (broad SMARTS) is 1. The Hall–Kier alpha value is -1.92. The van der Waals surface area contributed by atoms with Crippen molar-refractivity contribution in [1.82, 2.24) is 0 Å². The monoisotopic (exact) mass is 487 g/mol. The lowest BCUT2D eigenvalue weighted by Crippen LogP contribution is -2.10. The number of carboxylic acids is 1. The second-order valence-electron chi connectivity index (χ2n) is 8.42. The smallest absolute Gasteiger partial charge is 0.337 e. The molecule has 0 saturated carbocycles. The number of benzene rings is 2. The van der Waals surface area contributed by atoms with Crippen LogP contribution in [0.2, 0.25) is 0 Å². The minimum Gasteiger partial charge on any atom is -0.478 e. The number of anilines is 1. The Balaban J connectivity index is 1.64. The number of thiol groups is 1. The molecule has 0 radical (unpaired) electrons. The summed E-state index contributed by atoms with van der Waals surface area (Å²) in [5.74, 6) is -0.948. The van der Waals surface area contributed by atoms with Crippen molar-refractivity contribution in [2.75, 3.05) is 5.32 Å². The van der Waals surface area contributed by atoms with Gasteiger partial charge in [0.1, 0.15) is 0 Å². The topological polar surface area (TPSA) is 66.4 Å². The van der Waals surface area contributed by atoms with Crippen molar-refractivity contribution in [2.45, 2.75) is 98.7 Å². The van der Waals surface area contributed by atoms with E-state index in [1.165, 1.54) is 69.5 Å². The molecular weight excluding hydrogens is 450 g/mol. The summed E-state index contributed by atoms with van der Waals surface area (Å²) in [5, 5.41) is 12.4. The maximum absolute atomic E-state index is 12.2. The fourth-order valence-corrected chi connectivity index (χ4v) is 5.08. The lowest BCUT2D eigenvalue weighted by molar-refractivity contribution is -0.116. The average Bonchev–Trinajstić information content (AvgIpc) is 2.78. The van der Waals surface area contributed by atoms with Crippen LogP contribution in [-0.4, -0.2) is 17.0 Å². The second-order valence-corrected chi connectivity index (χ2v) is 10.0. The molecule has 0 aliphatic rings. The molecule has 0 heterocycles. The van der Waals surface area contributed by atoms with Gasteiger partial charge in [-0.2, -0.15) is 0 Å². The molecule has 2 N–H and O–H groups in total. The lowest BCUT2D eigenvalue weighted by Gasteiger charge is -2.09. The van der Waals surface area contributed by atoms with Crippen LogP contribution in [0.4, 0.5) is 5.69 Å². The predicted molar refractivity (Wildman–Crippen MR) is 141 cm³/mol. The lowest BCUT2D eigenvalue weighted by atomic mass is 10.1. The SMILES string of the molecule is CCCCCCCCCCCCCC(=O)Nc1ccc(Sc2cccc(S)c2C(=O)O)cc1. The van der Waals surface area contributed by atoms with E-state index in [1.807, 2.05) is 24.3 Å². The fraction of sp³-hybridized carbons (Fsp3) is 0.481. The third kappa shape index (κ3) is 10.7. The van der Waals surface area contributed by atoms with Crippen LogP contribution in [0.15, 0.2) is 57.2 Å². The molecular formula is C27H37NO3S2. The molecule has 0 aromatic heterocycles. The molecule has 0 atom stereocenters. The van der Waals surface area contributed by atoms with Crippen LogP contribution in [0.3, 0.4) is 0 Å². The van der Waals surface area contributed by atoms with Crippen LogP contribution < -0.4 is 5.32 Å². The normalized spacial score (nSPS) is 10.8. The van der Waals surface area contributed by atoms with Crippen molar-refractivity contribution < 1.29 is 14.7 Å². The highest BCUT2D eigenvalue weighted by Crippen LogP contribution is 2.33. The van der Waals surface area contributed by atoms with Crippen molar-refractivity contribution in [3.8, 4) is 0 Å². The molecule has 1 amide bonds. The zero-order chi connectivity index (χ0) is 23.9. The minimum absolute atomic E-state index is 0.0438. The molecule has 0 fully saturated rings. The fourth-order valence-electron chi connectivity index (χ4n) is 3.73. The highest BCUT2D eigenvalue weighted by atomic mass is 32.2. The summed E-state index contributed by atoms with van der Waals surface area (Å²) in [7, 11) is 0. The van der Waals surface area contributed by atoms with Gasteiger partial charge in [0.25, 0.3) is 0 Å². The van der Waals surface area contributed by atoms with Crippen LogP contribution in [0.1, 0.15) is 94.3 Å². The van der Waals surface area contributed by atoms with Crippen LogP contribution in [0.25, 0.3) is 0 Å². The van der Waals surface area contributed by atoms with Gasteiger partial charge in [0.05, 0.1) is 5.56 Å². The molecule has 4 nitrogen and oxygen atoms in total. The van der Waals surface area contributed by atoms with E-state index in [2.05, 4.69) is 24.9 Å². The van der Waals surface area contributed by atoms with Gasteiger partial charge >= 0.3 is 5.97 Å². The Labute approximate surface area is 208 Å². The zero-order valence-electron chi connectivity index (χ0n) is 19.6. The van der Waals surface area contributed by atoms with Crippen molar-refractivity contribution in [1.29, 1.82) is 0 Å². The molecule has 2 rings (SSSR count). The Morgan fingerprint density at radius 2 is 1.42 bits per heavy atom. The van der Waals surface area contributed by atoms with Gasteiger partial charge in [-0.1, -0.05) is 89.0 Å². The number of rotatable bonds is 16. The Morgan fingerprint density at radius 3 is 2.00 bits per heavy atom. The van der Waals surface area contributed by atoms with E-state index >= 15 is 0 Å². The van der Waals surface area contributed by atoms with Crippen molar-refractivity contribution in [3.05, 3.63) is 48.0 Å². The van der Waals surface area contributed by atoms with E-state index in [0.717, 1.165) is 23.4 Å². The molecule has 2 aromatic rings. The van der Waals surface area contributed by atoms with Crippen LogP contribution in [0.5, 0.6) is 0 Å². The standard InChI is InChI=1S/C27H37NO3S2/c1-2-3-4-5-6-7-8-9-10-11-12-16-25(29)28-21-17-19-22(20-18-21)33-24-15-13-14-23(32)26(24)27(30)31/h13-15,17-20,32H,2-12,16H2,1H3,(H,28,29)(H,30,31). The first-order valence-electron chi connectivity index (χ1n) is 12.1. The van der Waals surface area contributed by atoms with Gasteiger partial charge in [-0.15, -0.1) is 12.6 Å². The van der Waals surface area contributed by atoms with Crippen molar-refractivity contribution in [3.63, 3.8) is 0 Å². The number of carbonyl (C=O) groups is 2. The van der Waals surface area contributed by atoms with Crippen LogP contribution >= 0.6 is 24.4 Å². The largest absolute Gasteiger partial charge is 0.478 e. The number of amides is 1. The number of hydrogen-bond acceptors (Lipinski definition) is 4. The van der Waals surface area contributed by atoms with Gasteiger partial charge < -0.3 is 10.4 Å². The zero-order valence-corrected chi connectivity index (χ0v) is 21.4. The predicted octanol–water partition coefficient (Wildman–Crippen LogP) is 8.46. The Bertz CT molecular complexity index is 868. The maximum Gasteiger partial charge on any atom is 0.337 e. The van der Waals surface area contributed by atoms with Gasteiger partial charge in [-0.3, -0.25) is 4.79 Å². The minimum atomic E-state index is -0.991. The number of aromatic carboxylic acids is 1. The molecule has 0 spiro atoms. The first-order chi connectivity index (χ1) is 16.0. The highest BCUT2D eigenvalue weighted by Gasteiger charge is 2.14. The van der Waals surface area contributed by atoms with E-state index in [-0.39, 0.29) is 11.5 Å². The third-order valence-corrected chi connectivity index (χ3v) is 7.03. The number of unbranched alkanes of at least 4 members (excludes halogenated alkanes) is 10. The van der Waals surface area contributed by atoms with Gasteiger partial charge in [-0.05, 0) is 42.8 Å². The van der Waals surface area contributed by atoms with E-state index in [9.17, 15) is 14.7 Å². The van der Waals surface area contributed by atoms with Crippen molar-refractivity contribution in [2.24, 2.45) is 0 Å². The summed E-state index contributed by atoms with van der Waals surface area (Å²) in [6.07, 6.45) is 14.5. The molecule has 0 bridgehead atoms. The quantitative estimate of drug-likeness (QED) is 0.164. The summed E-state index contributed by atoms with van der Waals surface area (Å²) in [5.41, 5.74) is 0.962. The van der Waals surface area contributed by atoms with Gasteiger partial charge in [-0.25, -0.2) is 4.79 Å². The number of hydrogen-bond donors (Lipinski definition) is 3. The van der Waals surface area contributed by atoms with Crippen molar-refractivity contribution >= 4 is 42.0 Å². The first kappa shape index (κ1) is 27.3. The molecule has 0 aliphatic carbocycles. The van der Waals surface area contributed by atoms with E-state index < -0.39 is 5.97 Å². The second kappa shape index (κ2) is 15.8. The summed E-state index contributed by atoms with van der Waals surface area (Å²) < 4.78 is 0. The Morgan fingerprint density at radius 1 is 0.848 bits per heavy atom. The first-order valence-corrected chi connectivity index (χ1v) is 13.4. The molecule has 2 aromatic carbocycles.